The summed E-state index contributed by atoms with van der Waals surface area (Å²) >= 11 is 0. The van der Waals surface area contributed by atoms with E-state index in [4.69, 9.17) is 14.2 Å². The maximum atomic E-state index is 13.8. The minimum absolute atomic E-state index is 0.0911. The Morgan fingerprint density at radius 3 is 2.61 bits per heavy atom. The number of nitrogens with zero attached hydrogens (tertiary/aromatic N) is 3. The standard InChI is InChI=1S/C31H38N4O6/c1-4-40-30(38)31-19-21(31)14-10-5-6-11-15-35(2)29(37)24-17-22(16-23(24)28(36)34-31)41-26-18-25(39-3)32-27(33-26)20-12-8-7-9-13-20/h7-10,12-14,18,21-24H,4-6,11,15-17,19H2,1-3H3,(H,34,36)/b14-10+. The van der Waals surface area contributed by atoms with Crippen LogP contribution in [0.4, 0.5) is 0 Å². The molecule has 10 nitrogen and oxygen atoms in total. The summed E-state index contributed by atoms with van der Waals surface area (Å²) in [6, 6.07) is 11.1. The van der Waals surface area contributed by atoms with Gasteiger partial charge < -0.3 is 24.4 Å². The van der Waals surface area contributed by atoms with Crippen molar-refractivity contribution in [3.05, 3.63) is 48.6 Å². The van der Waals surface area contributed by atoms with Gasteiger partial charge in [0.15, 0.2) is 5.82 Å². The second kappa shape index (κ2) is 12.3. The van der Waals surface area contributed by atoms with Crippen LogP contribution < -0.4 is 14.8 Å². The summed E-state index contributed by atoms with van der Waals surface area (Å²) in [5, 5.41) is 3.01. The van der Waals surface area contributed by atoms with Crippen molar-refractivity contribution in [2.45, 2.75) is 57.1 Å². The Morgan fingerprint density at radius 1 is 1.10 bits per heavy atom. The molecule has 1 aromatic heterocycles. The van der Waals surface area contributed by atoms with Crippen LogP contribution in [0.3, 0.4) is 0 Å². The van der Waals surface area contributed by atoms with Gasteiger partial charge in [0.25, 0.3) is 0 Å². The summed E-state index contributed by atoms with van der Waals surface area (Å²) in [6.07, 6.45) is 7.41. The third-order valence-electron chi connectivity index (χ3n) is 8.24. The van der Waals surface area contributed by atoms with Crippen molar-refractivity contribution >= 4 is 17.8 Å². The molecule has 10 heteroatoms. The molecule has 5 rings (SSSR count). The lowest BCUT2D eigenvalue weighted by Gasteiger charge is -2.26. The number of hydrogen-bond donors (Lipinski definition) is 1. The van der Waals surface area contributed by atoms with Gasteiger partial charge in [0.2, 0.25) is 23.6 Å². The van der Waals surface area contributed by atoms with E-state index in [1.54, 1.807) is 24.9 Å². The predicted octanol–water partition coefficient (Wildman–Crippen LogP) is 3.56. The molecular formula is C31H38N4O6. The first-order valence-corrected chi connectivity index (χ1v) is 14.4. The molecule has 2 saturated carbocycles. The van der Waals surface area contributed by atoms with E-state index < -0.39 is 29.4 Å². The van der Waals surface area contributed by atoms with E-state index in [1.165, 1.54) is 7.11 Å². The highest BCUT2D eigenvalue weighted by Crippen LogP contribution is 2.47. The monoisotopic (exact) mass is 562 g/mol. The molecule has 2 aliphatic carbocycles. The van der Waals surface area contributed by atoms with Gasteiger partial charge in [-0.2, -0.15) is 9.97 Å². The molecule has 0 spiro atoms. The Labute approximate surface area is 240 Å². The van der Waals surface area contributed by atoms with E-state index >= 15 is 0 Å². The minimum atomic E-state index is -1.09. The van der Waals surface area contributed by atoms with E-state index in [0.29, 0.717) is 43.4 Å². The van der Waals surface area contributed by atoms with Gasteiger partial charge >= 0.3 is 5.97 Å². The van der Waals surface area contributed by atoms with Crippen LogP contribution in [0.5, 0.6) is 11.8 Å². The molecule has 0 saturated heterocycles. The van der Waals surface area contributed by atoms with Crippen molar-refractivity contribution in [1.82, 2.24) is 20.2 Å². The Kier molecular flexibility index (Phi) is 8.56. The van der Waals surface area contributed by atoms with E-state index in [0.717, 1.165) is 24.8 Å². The van der Waals surface area contributed by atoms with E-state index in [1.807, 2.05) is 36.4 Å². The van der Waals surface area contributed by atoms with Gasteiger partial charge in [-0.05, 0) is 45.4 Å². The van der Waals surface area contributed by atoms with Crippen LogP contribution in [0.25, 0.3) is 11.4 Å². The molecular weight excluding hydrogens is 524 g/mol. The second-order valence-corrected chi connectivity index (χ2v) is 11.0. The molecule has 2 amide bonds. The molecule has 3 aliphatic rings. The second-order valence-electron chi connectivity index (χ2n) is 11.0. The van der Waals surface area contributed by atoms with Gasteiger partial charge in [-0.1, -0.05) is 42.5 Å². The highest BCUT2D eigenvalue weighted by atomic mass is 16.5. The molecule has 1 aliphatic heterocycles. The average molecular weight is 563 g/mol. The van der Waals surface area contributed by atoms with E-state index in [9.17, 15) is 14.4 Å². The van der Waals surface area contributed by atoms with Gasteiger partial charge in [0, 0.05) is 25.1 Å². The molecule has 41 heavy (non-hydrogen) atoms. The first kappa shape index (κ1) is 28.6. The number of carbonyl (C=O) groups is 3. The summed E-state index contributed by atoms with van der Waals surface area (Å²) in [5.41, 5.74) is -0.277. The number of benzene rings is 1. The number of nitrogens with one attached hydrogen (secondary N) is 1. The molecule has 5 atom stereocenters. The number of amides is 2. The lowest BCUT2D eigenvalue weighted by Crippen LogP contribution is -2.50. The zero-order chi connectivity index (χ0) is 29.0. The van der Waals surface area contributed by atoms with E-state index in [-0.39, 0.29) is 24.3 Å². The molecule has 218 valence electrons. The predicted molar refractivity (Wildman–Crippen MR) is 151 cm³/mol. The van der Waals surface area contributed by atoms with Crippen LogP contribution in [0, 0.1) is 17.8 Å². The van der Waals surface area contributed by atoms with Crippen molar-refractivity contribution in [2.75, 3.05) is 27.3 Å². The minimum Gasteiger partial charge on any atom is -0.481 e. The van der Waals surface area contributed by atoms with Gasteiger partial charge in [-0.25, -0.2) is 4.79 Å². The number of methoxy groups -OCH3 is 1. The van der Waals surface area contributed by atoms with Crippen molar-refractivity contribution in [2.24, 2.45) is 17.8 Å². The molecule has 1 aromatic carbocycles. The number of ether oxygens (including phenoxy) is 3. The Balaban J connectivity index is 1.40. The van der Waals surface area contributed by atoms with Gasteiger partial charge in [0.05, 0.1) is 31.6 Å². The summed E-state index contributed by atoms with van der Waals surface area (Å²) in [5.74, 6) is -1.10. The Bertz CT molecular complexity index is 1300. The van der Waals surface area contributed by atoms with Crippen LogP contribution >= 0.6 is 0 Å². The number of hydrogen-bond acceptors (Lipinski definition) is 8. The Morgan fingerprint density at radius 2 is 1.85 bits per heavy atom. The quantitative estimate of drug-likeness (QED) is 0.419. The largest absolute Gasteiger partial charge is 0.481 e. The maximum Gasteiger partial charge on any atom is 0.332 e. The lowest BCUT2D eigenvalue weighted by molar-refractivity contribution is -0.150. The third kappa shape index (κ3) is 6.21. The highest BCUT2D eigenvalue weighted by Gasteiger charge is 2.62. The average Bonchev–Trinajstić information content (AvgIpc) is 3.51. The first-order valence-electron chi connectivity index (χ1n) is 14.4. The smallest absolute Gasteiger partial charge is 0.332 e. The first-order chi connectivity index (χ1) is 19.8. The van der Waals surface area contributed by atoms with Crippen LogP contribution in [-0.2, 0) is 19.1 Å². The summed E-state index contributed by atoms with van der Waals surface area (Å²) in [4.78, 5) is 51.1. The van der Waals surface area contributed by atoms with Crippen molar-refractivity contribution < 1.29 is 28.6 Å². The highest BCUT2D eigenvalue weighted by molar-refractivity contribution is 5.95. The fraction of sp³-hybridized carbons (Fsp3) is 0.516. The summed E-state index contributed by atoms with van der Waals surface area (Å²) < 4.78 is 17.0. The molecule has 2 fully saturated rings. The van der Waals surface area contributed by atoms with Crippen molar-refractivity contribution in [3.8, 4) is 23.1 Å². The summed E-state index contributed by atoms with van der Waals surface area (Å²) in [7, 11) is 3.31. The van der Waals surface area contributed by atoms with Crippen molar-refractivity contribution in [3.63, 3.8) is 0 Å². The van der Waals surface area contributed by atoms with Crippen LogP contribution in [0.15, 0.2) is 48.6 Å². The lowest BCUT2D eigenvalue weighted by atomic mass is 9.93. The Hall–Kier alpha value is -3.95. The number of fused-ring (bicyclic) bond motifs is 2. The van der Waals surface area contributed by atoms with Crippen molar-refractivity contribution in [1.29, 1.82) is 0 Å². The number of aromatic nitrogens is 2. The van der Waals surface area contributed by atoms with Gasteiger partial charge in [-0.3, -0.25) is 9.59 Å². The number of carbonyl (C=O) groups excluding carboxylic acids is 3. The summed E-state index contributed by atoms with van der Waals surface area (Å²) in [6.45, 7) is 2.59. The third-order valence-corrected chi connectivity index (χ3v) is 8.24. The van der Waals surface area contributed by atoms with Crippen LogP contribution in [-0.4, -0.2) is 71.6 Å². The molecule has 0 radical (unpaired) electrons. The molecule has 2 aromatic rings. The van der Waals surface area contributed by atoms with Crippen LogP contribution in [0.1, 0.15) is 45.4 Å². The van der Waals surface area contributed by atoms with Gasteiger partial charge in [0.1, 0.15) is 11.6 Å². The molecule has 1 N–H and O–H groups in total. The SMILES string of the molecule is CCOC(=O)C12CC1/C=C/CCCCN(C)C(=O)C1CC(Oc3cc(OC)nc(-c4ccccc4)n3)CC1C(=O)N2. The maximum absolute atomic E-state index is 13.8. The fourth-order valence-corrected chi connectivity index (χ4v) is 5.89. The molecule has 2 heterocycles. The topological polar surface area (TPSA) is 120 Å². The van der Waals surface area contributed by atoms with E-state index in [2.05, 4.69) is 21.4 Å². The zero-order valence-corrected chi connectivity index (χ0v) is 23.9. The number of rotatable bonds is 6. The number of esters is 1. The van der Waals surface area contributed by atoms with Crippen LogP contribution in [0.2, 0.25) is 0 Å². The molecule has 0 bridgehead atoms. The fourth-order valence-electron chi connectivity index (χ4n) is 5.89. The number of allylic oxidation sites excluding steroid dienone is 1. The zero-order valence-electron chi connectivity index (χ0n) is 23.9. The normalized spacial score (nSPS) is 28.9. The van der Waals surface area contributed by atoms with Gasteiger partial charge in [-0.15, -0.1) is 0 Å². The molecule has 5 unspecified atom stereocenters.